The molecule has 0 aromatic carbocycles. The van der Waals surface area contributed by atoms with Gasteiger partial charge in [-0.15, -0.1) is 0 Å². The maximum Gasteiger partial charge on any atom is 0.236 e. The van der Waals surface area contributed by atoms with Gasteiger partial charge in [0.1, 0.15) is 0 Å². The summed E-state index contributed by atoms with van der Waals surface area (Å²) in [6.07, 6.45) is 5.15. The van der Waals surface area contributed by atoms with E-state index >= 15 is 0 Å². The van der Waals surface area contributed by atoms with E-state index in [4.69, 9.17) is 0 Å². The standard InChI is InChI=1S/C8H14N2O/c1-9-7-8(11)10-5-3-2-4-6-10/h2-3,9H,4-7H2,1H3. The number of rotatable bonds is 2. The Kier molecular flexibility index (Phi) is 3.11. The molecular weight excluding hydrogens is 140 g/mol. The van der Waals surface area contributed by atoms with Gasteiger partial charge in [0.2, 0.25) is 5.91 Å². The predicted molar refractivity (Wildman–Crippen MR) is 44.3 cm³/mol. The first kappa shape index (κ1) is 8.27. The average Bonchev–Trinajstić information content (AvgIpc) is 2.07. The molecule has 1 aliphatic heterocycles. The number of likely N-dealkylation sites (N-methyl/N-ethyl adjacent to an activating group) is 1. The van der Waals surface area contributed by atoms with Crippen LogP contribution in [-0.4, -0.2) is 37.5 Å². The SMILES string of the molecule is CNCC(=O)N1CC=CCC1. The highest BCUT2D eigenvalue weighted by Crippen LogP contribution is 2.00. The number of amides is 1. The molecular formula is C8H14N2O. The molecule has 0 atom stereocenters. The quantitative estimate of drug-likeness (QED) is 0.567. The van der Waals surface area contributed by atoms with Gasteiger partial charge in [0, 0.05) is 13.1 Å². The Bertz CT molecular complexity index is 165. The van der Waals surface area contributed by atoms with Crippen LogP contribution in [0, 0.1) is 0 Å². The van der Waals surface area contributed by atoms with Crippen LogP contribution in [-0.2, 0) is 4.79 Å². The molecule has 1 heterocycles. The lowest BCUT2D eigenvalue weighted by Crippen LogP contribution is -2.38. The third-order valence-electron chi connectivity index (χ3n) is 1.74. The molecule has 0 spiro atoms. The zero-order valence-corrected chi connectivity index (χ0v) is 6.84. The summed E-state index contributed by atoms with van der Waals surface area (Å²) in [6, 6.07) is 0. The first-order valence-corrected chi connectivity index (χ1v) is 3.92. The van der Waals surface area contributed by atoms with Crippen molar-refractivity contribution >= 4 is 5.91 Å². The average molecular weight is 154 g/mol. The fourth-order valence-electron chi connectivity index (χ4n) is 1.13. The summed E-state index contributed by atoms with van der Waals surface area (Å²) in [7, 11) is 1.79. The van der Waals surface area contributed by atoms with E-state index in [1.54, 1.807) is 7.05 Å². The van der Waals surface area contributed by atoms with E-state index in [1.807, 2.05) is 11.0 Å². The fourth-order valence-corrected chi connectivity index (χ4v) is 1.13. The van der Waals surface area contributed by atoms with E-state index in [1.165, 1.54) is 0 Å². The lowest BCUT2D eigenvalue weighted by molar-refractivity contribution is -0.129. The zero-order valence-electron chi connectivity index (χ0n) is 6.84. The van der Waals surface area contributed by atoms with Crippen LogP contribution in [0.3, 0.4) is 0 Å². The van der Waals surface area contributed by atoms with E-state index in [-0.39, 0.29) is 5.91 Å². The molecule has 3 nitrogen and oxygen atoms in total. The molecule has 0 unspecified atom stereocenters. The minimum atomic E-state index is 0.192. The van der Waals surface area contributed by atoms with Gasteiger partial charge in [-0.1, -0.05) is 12.2 Å². The smallest absolute Gasteiger partial charge is 0.236 e. The molecule has 11 heavy (non-hydrogen) atoms. The molecule has 0 fully saturated rings. The van der Waals surface area contributed by atoms with Crippen LogP contribution in [0.15, 0.2) is 12.2 Å². The van der Waals surface area contributed by atoms with Crippen molar-refractivity contribution in [2.75, 3.05) is 26.7 Å². The van der Waals surface area contributed by atoms with E-state index in [9.17, 15) is 4.79 Å². The monoisotopic (exact) mass is 154 g/mol. The molecule has 0 aromatic rings. The molecule has 1 amide bonds. The molecule has 0 saturated carbocycles. The lowest BCUT2D eigenvalue weighted by Gasteiger charge is -2.22. The van der Waals surface area contributed by atoms with Crippen molar-refractivity contribution in [1.82, 2.24) is 10.2 Å². The molecule has 0 bridgehead atoms. The Morgan fingerprint density at radius 2 is 2.45 bits per heavy atom. The molecule has 1 rings (SSSR count). The normalized spacial score (nSPS) is 17.0. The third kappa shape index (κ3) is 2.35. The largest absolute Gasteiger partial charge is 0.338 e. The van der Waals surface area contributed by atoms with Crippen molar-refractivity contribution < 1.29 is 4.79 Å². The van der Waals surface area contributed by atoms with Gasteiger partial charge in [0.15, 0.2) is 0 Å². The minimum Gasteiger partial charge on any atom is -0.338 e. The second kappa shape index (κ2) is 4.13. The zero-order chi connectivity index (χ0) is 8.10. The molecule has 0 aromatic heterocycles. The highest BCUT2D eigenvalue weighted by molar-refractivity contribution is 5.78. The molecule has 62 valence electrons. The van der Waals surface area contributed by atoms with Gasteiger partial charge < -0.3 is 10.2 Å². The number of hydrogen-bond donors (Lipinski definition) is 1. The fraction of sp³-hybridized carbons (Fsp3) is 0.625. The lowest BCUT2D eigenvalue weighted by atomic mass is 10.2. The third-order valence-corrected chi connectivity index (χ3v) is 1.74. The Labute approximate surface area is 67.1 Å². The number of carbonyl (C=O) groups excluding carboxylic acids is 1. The molecule has 0 radical (unpaired) electrons. The highest BCUT2D eigenvalue weighted by Gasteiger charge is 2.11. The number of nitrogens with one attached hydrogen (secondary N) is 1. The van der Waals surface area contributed by atoms with Crippen molar-refractivity contribution in [3.63, 3.8) is 0 Å². The van der Waals surface area contributed by atoms with E-state index in [0.717, 1.165) is 19.5 Å². The number of nitrogens with zero attached hydrogens (tertiary/aromatic N) is 1. The summed E-state index contributed by atoms with van der Waals surface area (Å²) in [5.74, 6) is 0.192. The summed E-state index contributed by atoms with van der Waals surface area (Å²) >= 11 is 0. The van der Waals surface area contributed by atoms with Crippen LogP contribution < -0.4 is 5.32 Å². The maximum absolute atomic E-state index is 11.2. The van der Waals surface area contributed by atoms with Crippen molar-refractivity contribution in [3.05, 3.63) is 12.2 Å². The van der Waals surface area contributed by atoms with Crippen LogP contribution in [0.5, 0.6) is 0 Å². The van der Waals surface area contributed by atoms with E-state index in [0.29, 0.717) is 6.54 Å². The summed E-state index contributed by atoms with van der Waals surface area (Å²) in [5.41, 5.74) is 0. The molecule has 0 saturated heterocycles. The number of carbonyl (C=O) groups is 1. The van der Waals surface area contributed by atoms with Crippen LogP contribution in [0.2, 0.25) is 0 Å². The van der Waals surface area contributed by atoms with Gasteiger partial charge in [0.25, 0.3) is 0 Å². The van der Waals surface area contributed by atoms with Gasteiger partial charge in [0.05, 0.1) is 6.54 Å². The predicted octanol–water partition coefficient (Wildman–Crippen LogP) is -0.00570. The van der Waals surface area contributed by atoms with Crippen molar-refractivity contribution in [2.24, 2.45) is 0 Å². The van der Waals surface area contributed by atoms with E-state index in [2.05, 4.69) is 11.4 Å². The molecule has 1 aliphatic rings. The van der Waals surface area contributed by atoms with Crippen LogP contribution >= 0.6 is 0 Å². The Morgan fingerprint density at radius 3 is 3.00 bits per heavy atom. The summed E-state index contributed by atoms with van der Waals surface area (Å²) < 4.78 is 0. The van der Waals surface area contributed by atoms with Crippen LogP contribution in [0.1, 0.15) is 6.42 Å². The Balaban J connectivity index is 2.34. The van der Waals surface area contributed by atoms with E-state index < -0.39 is 0 Å². The highest BCUT2D eigenvalue weighted by atomic mass is 16.2. The van der Waals surface area contributed by atoms with Gasteiger partial charge in [-0.05, 0) is 13.5 Å². The van der Waals surface area contributed by atoms with Gasteiger partial charge in [-0.2, -0.15) is 0 Å². The summed E-state index contributed by atoms with van der Waals surface area (Å²) in [5, 5.41) is 2.85. The van der Waals surface area contributed by atoms with Crippen LogP contribution in [0.25, 0.3) is 0 Å². The Hall–Kier alpha value is -0.830. The van der Waals surface area contributed by atoms with Crippen LogP contribution in [0.4, 0.5) is 0 Å². The molecule has 0 aliphatic carbocycles. The first-order chi connectivity index (χ1) is 5.34. The summed E-state index contributed by atoms with van der Waals surface area (Å²) in [4.78, 5) is 13.1. The van der Waals surface area contributed by atoms with Gasteiger partial charge >= 0.3 is 0 Å². The van der Waals surface area contributed by atoms with Crippen molar-refractivity contribution in [1.29, 1.82) is 0 Å². The van der Waals surface area contributed by atoms with Gasteiger partial charge in [-0.3, -0.25) is 4.79 Å². The molecule has 3 heteroatoms. The maximum atomic E-state index is 11.2. The minimum absolute atomic E-state index is 0.192. The first-order valence-electron chi connectivity index (χ1n) is 3.92. The van der Waals surface area contributed by atoms with Crippen molar-refractivity contribution in [2.45, 2.75) is 6.42 Å². The molecule has 1 N–H and O–H groups in total. The Morgan fingerprint density at radius 1 is 1.64 bits per heavy atom. The van der Waals surface area contributed by atoms with Crippen molar-refractivity contribution in [3.8, 4) is 0 Å². The second-order valence-electron chi connectivity index (χ2n) is 2.63. The topological polar surface area (TPSA) is 32.3 Å². The van der Waals surface area contributed by atoms with Gasteiger partial charge in [-0.25, -0.2) is 0 Å². The number of hydrogen-bond acceptors (Lipinski definition) is 2. The summed E-state index contributed by atoms with van der Waals surface area (Å²) in [6.45, 7) is 2.10. The second-order valence-corrected chi connectivity index (χ2v) is 2.63.